The van der Waals surface area contributed by atoms with Gasteiger partial charge in [-0.15, -0.1) is 0 Å². The van der Waals surface area contributed by atoms with Gasteiger partial charge in [0.05, 0.1) is 43.6 Å². The van der Waals surface area contributed by atoms with Crippen LogP contribution >= 0.6 is 0 Å². The zero-order chi connectivity index (χ0) is 38.4. The van der Waals surface area contributed by atoms with Gasteiger partial charge in [0.15, 0.2) is 24.7 Å². The summed E-state index contributed by atoms with van der Waals surface area (Å²) in [7, 11) is 0. The molecule has 0 bridgehead atoms. The molecule has 4 rings (SSSR count). The second-order valence-electron chi connectivity index (χ2n) is 13.8. The van der Waals surface area contributed by atoms with E-state index < -0.39 is 148 Å². The summed E-state index contributed by atoms with van der Waals surface area (Å²) in [6.07, 6.45) is -23.7. The van der Waals surface area contributed by atoms with Crippen LogP contribution in [0.4, 0.5) is 4.39 Å². The zero-order valence-corrected chi connectivity index (χ0v) is 28.6. The lowest BCUT2D eigenvalue weighted by atomic mass is 9.76. The SMILES string of the molecule is NC[C@@H](F)[C@H](O)C(=O)C[C@@H]1C[C@H](N)[C@@H](O[C@H]2O[C@H](CNCCO)[C@@H](O)C[C@H]2N)[C@H](O[C@@H]2O[C@H](CO)[C@@H](O[C@H]3O[C@@H](CN)[C@@H](O)[C@H](O)[C@H]3N)[C@H]2O)[C@H]1O. The van der Waals surface area contributed by atoms with Crippen LogP contribution in [-0.2, 0) is 33.2 Å². The average molecular weight is 761 g/mol. The average Bonchev–Trinajstić information content (AvgIpc) is 3.42. The normalized spacial score (nSPS) is 45.5. The van der Waals surface area contributed by atoms with Crippen molar-refractivity contribution in [1.82, 2.24) is 5.32 Å². The summed E-state index contributed by atoms with van der Waals surface area (Å²) in [5.41, 5.74) is 29.7. The van der Waals surface area contributed by atoms with Crippen LogP contribution in [-0.4, -0.2) is 202 Å². The van der Waals surface area contributed by atoms with Gasteiger partial charge in [0, 0.05) is 38.6 Å². The van der Waals surface area contributed by atoms with Crippen LogP contribution < -0.4 is 34.0 Å². The first-order valence-corrected chi connectivity index (χ1v) is 17.4. The van der Waals surface area contributed by atoms with Crippen molar-refractivity contribution < 1.29 is 78.5 Å². The van der Waals surface area contributed by atoms with Crippen molar-refractivity contribution in [3.05, 3.63) is 0 Å². The highest BCUT2D eigenvalue weighted by molar-refractivity contribution is 5.83. The molecule has 0 aromatic heterocycles. The Morgan fingerprint density at radius 1 is 0.788 bits per heavy atom. The van der Waals surface area contributed by atoms with E-state index in [1.54, 1.807) is 0 Å². The van der Waals surface area contributed by atoms with Crippen LogP contribution in [0.5, 0.6) is 0 Å². The molecule has 1 saturated carbocycles. The van der Waals surface area contributed by atoms with E-state index in [0.717, 1.165) is 0 Å². The van der Waals surface area contributed by atoms with Gasteiger partial charge in [-0.1, -0.05) is 0 Å². The Kier molecular flexibility index (Phi) is 16.4. The number of Topliss-reactive ketones (excluding diaryl/α,β-unsaturated/α-hetero) is 1. The largest absolute Gasteiger partial charge is 0.395 e. The molecule has 21 nitrogen and oxygen atoms in total. The molecule has 52 heavy (non-hydrogen) atoms. The standard InChI is InChI=1S/C30H57FN6O15/c31-11(6-32)21(43)15(41)4-10-3-12(34)25(50-28-13(35)5-14(40)17(48-28)8-37-1-2-38)27(20(10)42)52-30-24(46)26(18(9-39)49-30)51-29-19(36)23(45)22(44)16(7-33)47-29/h10-14,16-30,37-40,42-46H,1-9,32-36H2/t10-,11+,12-,13+,14-,16-,17+,18+,19+,20-,21-,22+,23+,24+,25+,26+,27+,28+,29+,30-/m0/s1. The predicted octanol–water partition coefficient (Wildman–Crippen LogP) is -8.34. The topological polar surface area (TPSA) is 376 Å². The highest BCUT2D eigenvalue weighted by atomic mass is 19.1. The number of carbonyl (C=O) groups excluding carboxylic acids is 1. The predicted molar refractivity (Wildman–Crippen MR) is 173 cm³/mol. The second-order valence-corrected chi connectivity index (χ2v) is 13.8. The number of alkyl halides is 1. The molecule has 22 heteroatoms. The first-order chi connectivity index (χ1) is 24.7. The van der Waals surface area contributed by atoms with Crippen molar-refractivity contribution in [2.24, 2.45) is 34.6 Å². The van der Waals surface area contributed by atoms with Gasteiger partial charge in [-0.25, -0.2) is 4.39 Å². The van der Waals surface area contributed by atoms with Crippen molar-refractivity contribution >= 4 is 5.78 Å². The van der Waals surface area contributed by atoms with Crippen LogP contribution in [0.25, 0.3) is 0 Å². The van der Waals surface area contributed by atoms with Crippen molar-refractivity contribution in [2.75, 3.05) is 39.4 Å². The Morgan fingerprint density at radius 3 is 2.06 bits per heavy atom. The van der Waals surface area contributed by atoms with Crippen LogP contribution in [0.2, 0.25) is 0 Å². The summed E-state index contributed by atoms with van der Waals surface area (Å²) in [6, 6.07) is -3.23. The number of ether oxygens (including phenoxy) is 6. The molecule has 0 radical (unpaired) electrons. The summed E-state index contributed by atoms with van der Waals surface area (Å²) < 4.78 is 49.6. The molecule has 3 saturated heterocycles. The maximum atomic E-state index is 14.1. The number of hydrogen-bond donors (Lipinski definition) is 14. The molecular weight excluding hydrogens is 703 g/mol. The van der Waals surface area contributed by atoms with Gasteiger partial charge < -0.3 is 103 Å². The molecule has 4 fully saturated rings. The molecule has 20 atom stereocenters. The van der Waals surface area contributed by atoms with E-state index >= 15 is 0 Å². The lowest BCUT2D eigenvalue weighted by molar-refractivity contribution is -0.299. The maximum absolute atomic E-state index is 14.1. The minimum Gasteiger partial charge on any atom is -0.395 e. The van der Waals surface area contributed by atoms with Crippen molar-refractivity contribution in [2.45, 2.75) is 136 Å². The van der Waals surface area contributed by atoms with Gasteiger partial charge in [0.2, 0.25) is 0 Å². The lowest BCUT2D eigenvalue weighted by Crippen LogP contribution is -2.64. The fraction of sp³-hybridized carbons (Fsp3) is 0.967. The van der Waals surface area contributed by atoms with Gasteiger partial charge in [-0.3, -0.25) is 4.79 Å². The minimum atomic E-state index is -2.06. The van der Waals surface area contributed by atoms with Crippen LogP contribution in [0.15, 0.2) is 0 Å². The van der Waals surface area contributed by atoms with Gasteiger partial charge in [-0.05, 0) is 18.8 Å². The molecule has 3 heterocycles. The van der Waals surface area contributed by atoms with Crippen molar-refractivity contribution in [1.29, 1.82) is 0 Å². The molecule has 1 aliphatic carbocycles. The monoisotopic (exact) mass is 760 g/mol. The van der Waals surface area contributed by atoms with Gasteiger partial charge in [-0.2, -0.15) is 0 Å². The quantitative estimate of drug-likeness (QED) is 0.0612. The zero-order valence-electron chi connectivity index (χ0n) is 28.6. The van der Waals surface area contributed by atoms with E-state index in [9.17, 15) is 44.9 Å². The number of rotatable bonds is 17. The third-order valence-corrected chi connectivity index (χ3v) is 10.1. The highest BCUT2D eigenvalue weighted by Gasteiger charge is 2.54. The fourth-order valence-corrected chi connectivity index (χ4v) is 6.99. The first-order valence-electron chi connectivity index (χ1n) is 17.4. The molecule has 0 unspecified atom stereocenters. The second kappa shape index (κ2) is 19.6. The Bertz CT molecular complexity index is 1110. The Hall–Kier alpha value is -1.20. The fourth-order valence-electron chi connectivity index (χ4n) is 6.99. The number of nitrogens with two attached hydrogens (primary N) is 5. The smallest absolute Gasteiger partial charge is 0.187 e. The third-order valence-electron chi connectivity index (χ3n) is 10.1. The van der Waals surface area contributed by atoms with E-state index in [4.69, 9.17) is 62.2 Å². The number of halogens is 1. The molecule has 3 aliphatic heterocycles. The van der Waals surface area contributed by atoms with Crippen LogP contribution in [0.3, 0.4) is 0 Å². The maximum Gasteiger partial charge on any atom is 0.187 e. The minimum absolute atomic E-state index is 0.0382. The van der Waals surface area contributed by atoms with E-state index in [2.05, 4.69) is 5.32 Å². The summed E-state index contributed by atoms with van der Waals surface area (Å²) in [5.74, 6) is -1.98. The molecule has 0 amide bonds. The summed E-state index contributed by atoms with van der Waals surface area (Å²) in [5, 5.41) is 86.5. The summed E-state index contributed by atoms with van der Waals surface area (Å²) >= 11 is 0. The van der Waals surface area contributed by atoms with Crippen LogP contribution in [0.1, 0.15) is 19.3 Å². The summed E-state index contributed by atoms with van der Waals surface area (Å²) in [4.78, 5) is 12.8. The lowest BCUT2D eigenvalue weighted by Gasteiger charge is -2.47. The van der Waals surface area contributed by atoms with E-state index in [-0.39, 0.29) is 39.1 Å². The van der Waals surface area contributed by atoms with Gasteiger partial charge >= 0.3 is 0 Å². The van der Waals surface area contributed by atoms with E-state index in [1.807, 2.05) is 0 Å². The van der Waals surface area contributed by atoms with E-state index in [1.165, 1.54) is 0 Å². The summed E-state index contributed by atoms with van der Waals surface area (Å²) in [6.45, 7) is -1.36. The molecular formula is C30H57FN6O15. The first kappa shape index (κ1) is 43.5. The number of carbonyl (C=O) groups is 1. The molecule has 304 valence electrons. The molecule has 4 aliphatic rings. The molecule has 0 spiro atoms. The van der Waals surface area contributed by atoms with Gasteiger partial charge in [0.25, 0.3) is 0 Å². The van der Waals surface area contributed by atoms with Crippen molar-refractivity contribution in [3.63, 3.8) is 0 Å². The number of aliphatic hydroxyl groups is 8. The number of ketones is 1. The number of nitrogens with one attached hydrogen (secondary N) is 1. The number of aliphatic hydroxyl groups excluding tert-OH is 8. The Labute approximate surface area is 299 Å². The molecule has 0 aromatic rings. The van der Waals surface area contributed by atoms with Crippen molar-refractivity contribution in [3.8, 4) is 0 Å². The Morgan fingerprint density at radius 2 is 1.42 bits per heavy atom. The Balaban J connectivity index is 1.56. The van der Waals surface area contributed by atoms with E-state index in [0.29, 0.717) is 0 Å². The third kappa shape index (κ3) is 9.96. The van der Waals surface area contributed by atoms with Gasteiger partial charge in [0.1, 0.15) is 61.1 Å². The molecule has 0 aromatic carbocycles. The molecule has 19 N–H and O–H groups in total. The number of hydrogen-bond acceptors (Lipinski definition) is 21. The van der Waals surface area contributed by atoms with Crippen LogP contribution in [0, 0.1) is 5.92 Å². The highest BCUT2D eigenvalue weighted by Crippen LogP contribution is 2.37.